The zero-order valence-electron chi connectivity index (χ0n) is 30.8. The predicted octanol–water partition coefficient (Wildman–Crippen LogP) is 2.90. The summed E-state index contributed by atoms with van der Waals surface area (Å²) in [5, 5.41) is 26.9. The Balaban J connectivity index is 0.912. The summed E-state index contributed by atoms with van der Waals surface area (Å²) in [6, 6.07) is 12.1. The van der Waals surface area contributed by atoms with E-state index >= 15 is 0 Å². The highest BCUT2D eigenvalue weighted by atomic mass is 32.1. The number of hydrogen-bond donors (Lipinski definition) is 3. The molecule has 16 nitrogen and oxygen atoms in total. The molecule has 1 unspecified atom stereocenters. The first-order valence-corrected chi connectivity index (χ1v) is 18.9. The first kappa shape index (κ1) is 37.8. The van der Waals surface area contributed by atoms with Gasteiger partial charge in [-0.25, -0.2) is 0 Å². The molecule has 0 aliphatic carbocycles. The molecular weight excluding hydrogens is 739 g/mol. The van der Waals surface area contributed by atoms with Gasteiger partial charge in [0.25, 0.3) is 17.7 Å². The van der Waals surface area contributed by atoms with E-state index in [1.165, 1.54) is 18.2 Å². The number of aromatic nitrogens is 3. The van der Waals surface area contributed by atoms with Crippen LogP contribution in [0.25, 0.3) is 5.00 Å². The van der Waals surface area contributed by atoms with Crippen molar-refractivity contribution in [2.75, 3.05) is 19.7 Å². The van der Waals surface area contributed by atoms with E-state index < -0.39 is 48.2 Å². The average molecular weight is 776 g/mol. The van der Waals surface area contributed by atoms with Gasteiger partial charge < -0.3 is 15.4 Å². The summed E-state index contributed by atoms with van der Waals surface area (Å²) in [7, 11) is 0. The van der Waals surface area contributed by atoms with Crippen LogP contribution in [0.4, 0.5) is 0 Å². The van der Waals surface area contributed by atoms with E-state index in [1.54, 1.807) is 23.5 Å². The topological polar surface area (TPSA) is 218 Å². The SMILES string of the molecule is Cc1sc2c(c1C)C(c1ccc(C#N)cc1)=N[C@@H](CC(=O)NCCCCNC(=O)COc1cccc3c1C(=O)N(C1CCC(=O)NC1=O)C3=O)c1nnc(C)n1-2. The number of unbranched alkanes of at least 4 members (excludes halogenated alkanes) is 1. The minimum absolute atomic E-state index is 0.000997. The first-order valence-electron chi connectivity index (χ1n) is 18.1. The van der Waals surface area contributed by atoms with Gasteiger partial charge in [-0.3, -0.25) is 48.5 Å². The quantitative estimate of drug-likeness (QED) is 0.141. The van der Waals surface area contributed by atoms with E-state index in [1.807, 2.05) is 30.5 Å². The molecule has 286 valence electrons. The van der Waals surface area contributed by atoms with Crippen molar-refractivity contribution in [2.24, 2.45) is 4.99 Å². The van der Waals surface area contributed by atoms with Gasteiger partial charge in [0.15, 0.2) is 12.4 Å². The van der Waals surface area contributed by atoms with E-state index in [2.05, 4.69) is 39.1 Å². The molecule has 6 amide bonds. The number of thiophene rings is 1. The molecule has 0 bridgehead atoms. The normalized spacial score (nSPS) is 17.2. The highest BCUT2D eigenvalue weighted by Crippen LogP contribution is 2.39. The standard InChI is InChI=1S/C39H37N9O7S/c1-20-21(2)56-39-32(20)34(24-11-9-23(18-40)10-12-24)43-26(35-46-45-22(3)47(35)39)17-30(50)41-15-4-5-16-42-31(51)19-55-28-8-6-7-25-33(28)38(54)48(37(25)53)27-13-14-29(49)44-36(27)52/h6-12,26-27H,4-5,13-17,19H2,1-3H3,(H,41,50)(H,42,51)(H,44,49,52)/t26-,27?/m0/s1. The minimum atomic E-state index is -1.12. The van der Waals surface area contributed by atoms with Crippen LogP contribution >= 0.6 is 11.3 Å². The van der Waals surface area contributed by atoms with E-state index in [0.29, 0.717) is 43.1 Å². The lowest BCUT2D eigenvalue weighted by atomic mass is 9.99. The van der Waals surface area contributed by atoms with Crippen molar-refractivity contribution in [1.82, 2.24) is 35.6 Å². The fourth-order valence-corrected chi connectivity index (χ4v) is 8.19. The number of imide groups is 2. The zero-order valence-corrected chi connectivity index (χ0v) is 31.6. The molecule has 1 fully saturated rings. The van der Waals surface area contributed by atoms with E-state index in [0.717, 1.165) is 37.2 Å². The Morgan fingerprint density at radius 3 is 2.41 bits per heavy atom. The molecule has 56 heavy (non-hydrogen) atoms. The van der Waals surface area contributed by atoms with Gasteiger partial charge in [0, 0.05) is 35.5 Å². The number of aryl methyl sites for hydroxylation is 2. The number of benzene rings is 2. The van der Waals surface area contributed by atoms with E-state index in [-0.39, 0.29) is 42.0 Å². The van der Waals surface area contributed by atoms with Crippen LogP contribution in [0.1, 0.15) is 97.6 Å². The Morgan fingerprint density at radius 2 is 1.70 bits per heavy atom. The van der Waals surface area contributed by atoms with E-state index in [4.69, 9.17) is 9.73 Å². The molecule has 7 rings (SSSR count). The number of piperidine rings is 1. The van der Waals surface area contributed by atoms with Crippen molar-refractivity contribution in [2.45, 2.75) is 65.0 Å². The number of hydrogen-bond acceptors (Lipinski definition) is 12. The molecule has 0 saturated carbocycles. The van der Waals surface area contributed by atoms with Gasteiger partial charge in [0.1, 0.15) is 28.7 Å². The Morgan fingerprint density at radius 1 is 0.964 bits per heavy atom. The number of aliphatic imine (C=N–C) groups is 1. The Hall–Kier alpha value is -6.54. The van der Waals surface area contributed by atoms with Gasteiger partial charge in [0.2, 0.25) is 17.7 Å². The van der Waals surface area contributed by atoms with Crippen molar-refractivity contribution in [3.05, 3.63) is 92.4 Å². The van der Waals surface area contributed by atoms with Crippen LogP contribution in [-0.4, -0.2) is 86.6 Å². The summed E-state index contributed by atoms with van der Waals surface area (Å²) >= 11 is 1.62. The molecule has 3 N–H and O–H groups in total. The third kappa shape index (κ3) is 7.18. The summed E-state index contributed by atoms with van der Waals surface area (Å²) in [6.45, 7) is 6.21. The Labute approximate surface area is 324 Å². The van der Waals surface area contributed by atoms with Gasteiger partial charge in [-0.05, 0) is 69.9 Å². The van der Waals surface area contributed by atoms with Crippen LogP contribution < -0.4 is 20.7 Å². The first-order chi connectivity index (χ1) is 27.0. The van der Waals surface area contributed by atoms with Crippen LogP contribution in [0.3, 0.4) is 0 Å². The van der Waals surface area contributed by atoms with Crippen LogP contribution in [0.5, 0.6) is 5.75 Å². The largest absolute Gasteiger partial charge is 0.483 e. The van der Waals surface area contributed by atoms with Crippen molar-refractivity contribution >= 4 is 52.5 Å². The number of carbonyl (C=O) groups excluding carboxylic acids is 6. The molecule has 0 spiro atoms. The number of ether oxygens (including phenoxy) is 1. The lowest BCUT2D eigenvalue weighted by Gasteiger charge is -2.27. The van der Waals surface area contributed by atoms with Gasteiger partial charge in [-0.15, -0.1) is 21.5 Å². The monoisotopic (exact) mass is 775 g/mol. The van der Waals surface area contributed by atoms with Crippen LogP contribution in [0.2, 0.25) is 0 Å². The van der Waals surface area contributed by atoms with Crippen molar-refractivity contribution in [1.29, 1.82) is 5.26 Å². The van der Waals surface area contributed by atoms with Crippen molar-refractivity contribution in [3.8, 4) is 16.8 Å². The molecule has 1 saturated heterocycles. The zero-order chi connectivity index (χ0) is 39.7. The highest BCUT2D eigenvalue weighted by Gasteiger charge is 2.46. The van der Waals surface area contributed by atoms with Crippen molar-refractivity contribution < 1.29 is 33.5 Å². The maximum absolute atomic E-state index is 13.3. The molecule has 5 heterocycles. The third-order valence-electron chi connectivity index (χ3n) is 9.94. The number of carbonyl (C=O) groups is 6. The van der Waals surface area contributed by atoms with Gasteiger partial charge in [-0.2, -0.15) is 5.26 Å². The second-order valence-electron chi connectivity index (χ2n) is 13.6. The van der Waals surface area contributed by atoms with E-state index in [9.17, 15) is 34.0 Å². The number of rotatable bonds is 12. The highest BCUT2D eigenvalue weighted by molar-refractivity contribution is 7.15. The van der Waals surface area contributed by atoms with Gasteiger partial charge in [0.05, 0.1) is 34.9 Å². The molecule has 0 radical (unpaired) electrons. The maximum Gasteiger partial charge on any atom is 0.266 e. The number of amides is 6. The summed E-state index contributed by atoms with van der Waals surface area (Å²) < 4.78 is 7.62. The maximum atomic E-state index is 13.3. The minimum Gasteiger partial charge on any atom is -0.483 e. The predicted molar refractivity (Wildman–Crippen MR) is 201 cm³/mol. The second kappa shape index (κ2) is 15.7. The Kier molecular flexibility index (Phi) is 10.6. The van der Waals surface area contributed by atoms with Crippen LogP contribution in [-0.2, 0) is 19.2 Å². The summed E-state index contributed by atoms with van der Waals surface area (Å²) in [5.74, 6) is -1.97. The molecular formula is C39H37N9O7S. The Bertz CT molecular complexity index is 2370. The molecule has 2 atom stereocenters. The fraction of sp³-hybridized carbons (Fsp3) is 0.333. The number of fused-ring (bicyclic) bond motifs is 4. The lowest BCUT2D eigenvalue weighted by Crippen LogP contribution is -2.54. The molecule has 2 aromatic heterocycles. The lowest BCUT2D eigenvalue weighted by molar-refractivity contribution is -0.136. The second-order valence-corrected chi connectivity index (χ2v) is 14.8. The fourth-order valence-electron chi connectivity index (χ4n) is 6.98. The molecule has 2 aromatic carbocycles. The van der Waals surface area contributed by atoms with Gasteiger partial charge >= 0.3 is 0 Å². The van der Waals surface area contributed by atoms with Crippen molar-refractivity contribution in [3.63, 3.8) is 0 Å². The van der Waals surface area contributed by atoms with Crippen LogP contribution in [0, 0.1) is 32.1 Å². The summed E-state index contributed by atoms with van der Waals surface area (Å²) in [5.41, 5.74) is 4.12. The summed E-state index contributed by atoms with van der Waals surface area (Å²) in [4.78, 5) is 83.3. The molecule has 4 aromatic rings. The summed E-state index contributed by atoms with van der Waals surface area (Å²) in [6.07, 6.45) is 1.17. The molecule has 17 heteroatoms. The third-order valence-corrected chi connectivity index (χ3v) is 11.1. The number of nitrogens with one attached hydrogen (secondary N) is 3. The van der Waals surface area contributed by atoms with Gasteiger partial charge in [-0.1, -0.05) is 18.2 Å². The smallest absolute Gasteiger partial charge is 0.266 e. The molecule has 3 aliphatic heterocycles. The average Bonchev–Trinajstić information content (AvgIpc) is 3.76. The molecule has 3 aliphatic rings. The van der Waals surface area contributed by atoms with Crippen LogP contribution in [0.15, 0.2) is 47.5 Å². The number of nitriles is 1. The number of nitrogens with zero attached hydrogens (tertiary/aromatic N) is 6.